The van der Waals surface area contributed by atoms with Crippen molar-refractivity contribution in [1.82, 2.24) is 0 Å². The summed E-state index contributed by atoms with van der Waals surface area (Å²) >= 11 is 0. The van der Waals surface area contributed by atoms with Crippen LogP contribution in [0.2, 0.25) is 0 Å². The van der Waals surface area contributed by atoms with Crippen molar-refractivity contribution in [1.29, 1.82) is 0 Å². The fourth-order valence-electron chi connectivity index (χ4n) is 2.00. The molecule has 0 amide bonds. The van der Waals surface area contributed by atoms with Gasteiger partial charge in [-0.25, -0.2) is 0 Å². The topological polar surface area (TPSA) is 60.2 Å². The van der Waals surface area contributed by atoms with Gasteiger partial charge in [0, 0.05) is 6.42 Å². The van der Waals surface area contributed by atoms with E-state index in [1.165, 1.54) is 0 Å². The standard InChI is InChI=1S/C22H31NO3/c1-2-3-4-5-6-7-10-13-16-19-22(23(25)26)20-17-14-11-8-9-12-15-18-21-24/h3-4,6-7,9,11-14,16,20-21H,2,5,8,10,15,17-19H2,1H3/b4-3+,7-6+,12-9+,14-11+,16-13+,22-20-. The molecule has 0 aliphatic carbocycles. The monoisotopic (exact) mass is 357 g/mol. The number of aldehydes is 1. The summed E-state index contributed by atoms with van der Waals surface area (Å²) in [6, 6.07) is 0. The molecular formula is C22H31NO3. The molecule has 0 aromatic rings. The van der Waals surface area contributed by atoms with Crippen LogP contribution in [0.5, 0.6) is 0 Å². The first-order chi connectivity index (χ1) is 12.7. The highest BCUT2D eigenvalue weighted by atomic mass is 16.6. The summed E-state index contributed by atoms with van der Waals surface area (Å²) in [5.74, 6) is 0. The van der Waals surface area contributed by atoms with E-state index < -0.39 is 0 Å². The molecule has 0 aromatic carbocycles. The molecule has 142 valence electrons. The maximum absolute atomic E-state index is 11.1. The van der Waals surface area contributed by atoms with E-state index in [9.17, 15) is 14.9 Å². The lowest BCUT2D eigenvalue weighted by Crippen LogP contribution is -1.97. The lowest BCUT2D eigenvalue weighted by atomic mass is 10.2. The second-order valence-corrected chi connectivity index (χ2v) is 5.61. The van der Waals surface area contributed by atoms with Gasteiger partial charge >= 0.3 is 0 Å². The Morgan fingerprint density at radius 2 is 1.31 bits per heavy atom. The molecule has 0 fully saturated rings. The predicted molar refractivity (Wildman–Crippen MR) is 109 cm³/mol. The van der Waals surface area contributed by atoms with Gasteiger partial charge < -0.3 is 4.79 Å². The molecule has 4 heteroatoms. The minimum absolute atomic E-state index is 0.224. The molecule has 0 aromatic heterocycles. The van der Waals surface area contributed by atoms with Gasteiger partial charge in [0.1, 0.15) is 6.29 Å². The number of hydrogen-bond donors (Lipinski definition) is 0. The van der Waals surface area contributed by atoms with Crippen molar-refractivity contribution in [3.05, 3.63) is 82.6 Å². The molecule has 0 atom stereocenters. The molecule has 0 bridgehead atoms. The molecule has 0 unspecified atom stereocenters. The molecule has 0 N–H and O–H groups in total. The first kappa shape index (κ1) is 23.5. The zero-order valence-electron chi connectivity index (χ0n) is 15.8. The average molecular weight is 357 g/mol. The number of hydrogen-bond acceptors (Lipinski definition) is 3. The van der Waals surface area contributed by atoms with Gasteiger partial charge in [0.25, 0.3) is 0 Å². The molecular weight excluding hydrogens is 326 g/mol. The van der Waals surface area contributed by atoms with E-state index in [-0.39, 0.29) is 10.6 Å². The van der Waals surface area contributed by atoms with E-state index in [0.717, 1.165) is 38.4 Å². The number of carbonyl (C=O) groups is 1. The second-order valence-electron chi connectivity index (χ2n) is 5.61. The molecule has 26 heavy (non-hydrogen) atoms. The third-order valence-electron chi connectivity index (χ3n) is 3.39. The molecule has 0 heterocycles. The highest BCUT2D eigenvalue weighted by Gasteiger charge is 2.06. The number of carbonyl (C=O) groups excluding carboxylic acids is 1. The van der Waals surface area contributed by atoms with Crippen LogP contribution in [-0.2, 0) is 4.79 Å². The Morgan fingerprint density at radius 3 is 1.88 bits per heavy atom. The SMILES string of the molecule is CC/C=C/C/C=C/C/C=C/C/C(=C/C/C=C/C/C=C/CCC=O)[N+](=O)[O-]. The summed E-state index contributed by atoms with van der Waals surface area (Å²) in [6.45, 7) is 2.11. The predicted octanol–water partition coefficient (Wildman–Crippen LogP) is 6.27. The first-order valence-electron chi connectivity index (χ1n) is 9.24. The summed E-state index contributed by atoms with van der Waals surface area (Å²) in [6.07, 6.45) is 28.4. The highest BCUT2D eigenvalue weighted by molar-refractivity contribution is 5.49. The van der Waals surface area contributed by atoms with Crippen LogP contribution in [0, 0.1) is 10.1 Å². The minimum Gasteiger partial charge on any atom is -0.303 e. The summed E-state index contributed by atoms with van der Waals surface area (Å²) in [5.41, 5.74) is 0.224. The van der Waals surface area contributed by atoms with Gasteiger partial charge in [-0.1, -0.05) is 67.7 Å². The van der Waals surface area contributed by atoms with E-state index >= 15 is 0 Å². The molecule has 0 rings (SSSR count). The molecule has 0 aliphatic heterocycles. The maximum Gasteiger partial charge on any atom is 0.246 e. The van der Waals surface area contributed by atoms with Crippen molar-refractivity contribution >= 4 is 6.29 Å². The normalized spacial score (nSPS) is 13.2. The van der Waals surface area contributed by atoms with Crippen LogP contribution in [0.1, 0.15) is 58.3 Å². The number of rotatable bonds is 15. The van der Waals surface area contributed by atoms with Gasteiger partial charge in [0.15, 0.2) is 0 Å². The Balaban J connectivity index is 4.11. The van der Waals surface area contributed by atoms with Crippen molar-refractivity contribution in [2.24, 2.45) is 0 Å². The lowest BCUT2D eigenvalue weighted by molar-refractivity contribution is -0.427. The quantitative estimate of drug-likeness (QED) is 0.114. The Morgan fingerprint density at radius 1 is 0.769 bits per heavy atom. The van der Waals surface area contributed by atoms with E-state index in [1.54, 1.807) is 6.08 Å². The van der Waals surface area contributed by atoms with Crippen molar-refractivity contribution in [3.63, 3.8) is 0 Å². The Kier molecular flexibility index (Phi) is 17.0. The second kappa shape index (κ2) is 18.8. The fraction of sp³-hybridized carbons (Fsp3) is 0.409. The van der Waals surface area contributed by atoms with E-state index in [4.69, 9.17) is 0 Å². The van der Waals surface area contributed by atoms with E-state index in [1.807, 2.05) is 36.5 Å². The summed E-state index contributed by atoms with van der Waals surface area (Å²) in [5, 5.41) is 11.1. The van der Waals surface area contributed by atoms with Crippen LogP contribution >= 0.6 is 0 Å². The van der Waals surface area contributed by atoms with Crippen LogP contribution in [0.15, 0.2) is 72.5 Å². The van der Waals surface area contributed by atoms with E-state index in [0.29, 0.717) is 19.3 Å². The molecule has 0 aliphatic rings. The molecule has 0 saturated heterocycles. The van der Waals surface area contributed by atoms with Crippen LogP contribution in [0.3, 0.4) is 0 Å². The van der Waals surface area contributed by atoms with Gasteiger partial charge in [0.05, 0.1) is 11.3 Å². The number of allylic oxidation sites excluding steroid dienone is 11. The van der Waals surface area contributed by atoms with E-state index in [2.05, 4.69) is 31.2 Å². The van der Waals surface area contributed by atoms with Crippen molar-refractivity contribution in [2.75, 3.05) is 0 Å². The molecule has 0 spiro atoms. The largest absolute Gasteiger partial charge is 0.303 e. The minimum atomic E-state index is -0.317. The number of nitro groups is 1. The molecule has 0 radical (unpaired) electrons. The Hall–Kier alpha value is -2.49. The van der Waals surface area contributed by atoms with Crippen molar-refractivity contribution < 1.29 is 9.72 Å². The van der Waals surface area contributed by atoms with Crippen LogP contribution in [0.4, 0.5) is 0 Å². The van der Waals surface area contributed by atoms with Gasteiger partial charge in [-0.05, 0) is 44.6 Å². The zero-order valence-corrected chi connectivity index (χ0v) is 15.8. The molecule has 0 saturated carbocycles. The van der Waals surface area contributed by atoms with Crippen LogP contribution in [0.25, 0.3) is 0 Å². The Labute approximate surface area is 157 Å². The van der Waals surface area contributed by atoms with Crippen molar-refractivity contribution in [3.8, 4) is 0 Å². The Bertz CT molecular complexity index is 552. The third-order valence-corrected chi connectivity index (χ3v) is 3.39. The average Bonchev–Trinajstić information content (AvgIpc) is 2.63. The van der Waals surface area contributed by atoms with Gasteiger partial charge in [-0.3, -0.25) is 10.1 Å². The summed E-state index contributed by atoms with van der Waals surface area (Å²) < 4.78 is 0. The van der Waals surface area contributed by atoms with Gasteiger partial charge in [0.2, 0.25) is 5.70 Å². The van der Waals surface area contributed by atoms with Crippen LogP contribution < -0.4 is 0 Å². The number of unbranched alkanes of at least 4 members (excludes halogenated alkanes) is 1. The summed E-state index contributed by atoms with van der Waals surface area (Å²) in [7, 11) is 0. The van der Waals surface area contributed by atoms with Gasteiger partial charge in [-0.15, -0.1) is 0 Å². The van der Waals surface area contributed by atoms with Gasteiger partial charge in [-0.2, -0.15) is 0 Å². The lowest BCUT2D eigenvalue weighted by Gasteiger charge is -1.93. The highest BCUT2D eigenvalue weighted by Crippen LogP contribution is 2.06. The number of nitrogens with zero attached hydrogens (tertiary/aromatic N) is 1. The first-order valence-corrected chi connectivity index (χ1v) is 9.24. The zero-order chi connectivity index (χ0) is 19.3. The van der Waals surface area contributed by atoms with Crippen molar-refractivity contribution in [2.45, 2.75) is 58.3 Å². The maximum atomic E-state index is 11.1. The fourth-order valence-corrected chi connectivity index (χ4v) is 2.00. The smallest absolute Gasteiger partial charge is 0.246 e. The molecule has 4 nitrogen and oxygen atoms in total. The third kappa shape index (κ3) is 16.4. The summed E-state index contributed by atoms with van der Waals surface area (Å²) in [4.78, 5) is 20.9. The van der Waals surface area contributed by atoms with Crippen LogP contribution in [-0.4, -0.2) is 11.2 Å².